The minimum atomic E-state index is -0.549. The highest BCUT2D eigenvalue weighted by Crippen LogP contribution is 2.21. The average Bonchev–Trinajstić information content (AvgIpc) is 2.38. The van der Waals surface area contributed by atoms with Crippen LogP contribution in [0.15, 0.2) is 24.3 Å². The molecule has 1 aliphatic rings. The van der Waals surface area contributed by atoms with Crippen molar-refractivity contribution in [3.63, 3.8) is 0 Å². The number of amides is 2. The Morgan fingerprint density at radius 1 is 1.47 bits per heavy atom. The quantitative estimate of drug-likeness (QED) is 0.636. The van der Waals surface area contributed by atoms with Gasteiger partial charge in [-0.2, -0.15) is 0 Å². The molecule has 0 radical (unpaired) electrons. The molecule has 1 fully saturated rings. The number of benzene rings is 1. The molecule has 0 saturated carbocycles. The number of carbonyl (C=O) groups is 2. The number of rotatable bonds is 4. The Balaban J connectivity index is 2.11. The molecule has 1 aromatic carbocycles. The molecule has 1 atom stereocenters. The Bertz CT molecular complexity index is 487. The van der Waals surface area contributed by atoms with E-state index in [4.69, 9.17) is 5.21 Å². The van der Waals surface area contributed by atoms with Crippen molar-refractivity contribution < 1.29 is 14.8 Å². The van der Waals surface area contributed by atoms with Gasteiger partial charge in [-0.25, -0.2) is 5.48 Å². The third-order valence-electron chi connectivity index (χ3n) is 3.41. The van der Waals surface area contributed by atoms with Crippen LogP contribution in [0.1, 0.15) is 35.7 Å². The van der Waals surface area contributed by atoms with Crippen molar-refractivity contribution in [1.29, 1.82) is 0 Å². The first-order valence-corrected chi connectivity index (χ1v) is 6.51. The Morgan fingerprint density at radius 2 is 2.26 bits per heavy atom. The van der Waals surface area contributed by atoms with E-state index in [0.29, 0.717) is 18.5 Å². The minimum Gasteiger partial charge on any atom is -0.326 e. The third kappa shape index (κ3) is 2.76. The van der Waals surface area contributed by atoms with Gasteiger partial charge in [0.1, 0.15) is 6.04 Å². The fraction of sp³-hybridized carbons (Fsp3) is 0.429. The molecule has 0 spiro atoms. The van der Waals surface area contributed by atoms with Gasteiger partial charge in [0.05, 0.1) is 0 Å². The topological polar surface area (TPSA) is 69.6 Å². The van der Waals surface area contributed by atoms with E-state index >= 15 is 0 Å². The summed E-state index contributed by atoms with van der Waals surface area (Å²) in [6.07, 6.45) is 2.55. The first-order chi connectivity index (χ1) is 9.17. The van der Waals surface area contributed by atoms with Gasteiger partial charge in [0.15, 0.2) is 0 Å². The normalized spacial score (nSPS) is 17.8. The van der Waals surface area contributed by atoms with Crippen LogP contribution in [0, 0.1) is 0 Å². The van der Waals surface area contributed by atoms with Gasteiger partial charge < -0.3 is 4.90 Å². The number of hydrogen-bond donors (Lipinski definition) is 2. The van der Waals surface area contributed by atoms with Crippen LogP contribution in [0.2, 0.25) is 0 Å². The van der Waals surface area contributed by atoms with E-state index < -0.39 is 11.9 Å². The zero-order chi connectivity index (χ0) is 13.8. The number of nitrogens with zero attached hydrogens (tertiary/aromatic N) is 1. The van der Waals surface area contributed by atoms with Crippen molar-refractivity contribution in [1.82, 2.24) is 10.4 Å². The third-order valence-corrected chi connectivity index (χ3v) is 3.41. The van der Waals surface area contributed by atoms with Crippen molar-refractivity contribution >= 4 is 11.8 Å². The molecular weight excluding hydrogens is 244 g/mol. The summed E-state index contributed by atoms with van der Waals surface area (Å²) in [5.74, 6) is -0.679. The number of nitrogens with one attached hydrogen (secondary N) is 1. The largest absolute Gasteiger partial charge is 0.326 e. The number of likely N-dealkylation sites (tertiary alicyclic amines) is 1. The summed E-state index contributed by atoms with van der Waals surface area (Å²) in [7, 11) is 0. The SMILES string of the molecule is CCCc1cccc(C(=O)N2CCC2C(=O)NO)c1. The molecule has 5 heteroatoms. The molecular formula is C14H18N2O3. The second-order valence-electron chi connectivity index (χ2n) is 4.73. The number of aryl methyl sites for hydroxylation is 1. The molecule has 0 bridgehead atoms. The molecule has 1 aromatic rings. The lowest BCUT2D eigenvalue weighted by molar-refractivity contribution is -0.137. The summed E-state index contributed by atoms with van der Waals surface area (Å²) >= 11 is 0. The van der Waals surface area contributed by atoms with Gasteiger partial charge >= 0.3 is 0 Å². The smallest absolute Gasteiger partial charge is 0.266 e. The van der Waals surface area contributed by atoms with Crippen LogP contribution in [-0.4, -0.2) is 34.5 Å². The van der Waals surface area contributed by atoms with Gasteiger partial charge in [0.25, 0.3) is 11.8 Å². The Morgan fingerprint density at radius 3 is 2.84 bits per heavy atom. The van der Waals surface area contributed by atoms with E-state index in [9.17, 15) is 9.59 Å². The summed E-state index contributed by atoms with van der Waals surface area (Å²) in [5.41, 5.74) is 3.32. The van der Waals surface area contributed by atoms with Crippen LogP contribution in [0.5, 0.6) is 0 Å². The fourth-order valence-electron chi connectivity index (χ4n) is 2.29. The van der Waals surface area contributed by atoms with Gasteiger partial charge in [-0.05, 0) is 30.5 Å². The number of hydroxylamine groups is 1. The predicted molar refractivity (Wildman–Crippen MR) is 69.8 cm³/mol. The Hall–Kier alpha value is -1.88. The molecule has 2 N–H and O–H groups in total. The van der Waals surface area contributed by atoms with Crippen LogP contribution < -0.4 is 5.48 Å². The molecule has 1 saturated heterocycles. The highest BCUT2D eigenvalue weighted by Gasteiger charge is 2.37. The van der Waals surface area contributed by atoms with Crippen LogP contribution in [0.3, 0.4) is 0 Å². The van der Waals surface area contributed by atoms with E-state index in [2.05, 4.69) is 6.92 Å². The van der Waals surface area contributed by atoms with E-state index in [1.807, 2.05) is 18.2 Å². The Labute approximate surface area is 112 Å². The van der Waals surface area contributed by atoms with E-state index in [1.165, 1.54) is 4.90 Å². The van der Waals surface area contributed by atoms with Gasteiger partial charge in [-0.3, -0.25) is 14.8 Å². The monoisotopic (exact) mass is 262 g/mol. The summed E-state index contributed by atoms with van der Waals surface area (Å²) in [4.78, 5) is 25.1. The molecule has 1 unspecified atom stereocenters. The van der Waals surface area contributed by atoms with Crippen LogP contribution in [-0.2, 0) is 11.2 Å². The lowest BCUT2D eigenvalue weighted by Crippen LogP contribution is -2.57. The fourth-order valence-corrected chi connectivity index (χ4v) is 2.29. The molecule has 19 heavy (non-hydrogen) atoms. The number of hydrogen-bond acceptors (Lipinski definition) is 3. The van der Waals surface area contributed by atoms with Crippen molar-refractivity contribution in [3.8, 4) is 0 Å². The maximum atomic E-state index is 12.3. The minimum absolute atomic E-state index is 0.155. The summed E-state index contributed by atoms with van der Waals surface area (Å²) < 4.78 is 0. The maximum Gasteiger partial charge on any atom is 0.266 e. The number of carbonyl (C=O) groups excluding carboxylic acids is 2. The molecule has 102 valence electrons. The first-order valence-electron chi connectivity index (χ1n) is 6.51. The highest BCUT2D eigenvalue weighted by molar-refractivity contribution is 5.98. The van der Waals surface area contributed by atoms with Crippen molar-refractivity contribution in [2.24, 2.45) is 0 Å². The molecule has 2 amide bonds. The standard InChI is InChI=1S/C14H18N2O3/c1-2-4-10-5-3-6-11(9-10)14(18)16-8-7-12(16)13(17)15-19/h3,5-6,9,12,19H,2,4,7-8H2,1H3,(H,15,17). The zero-order valence-electron chi connectivity index (χ0n) is 10.9. The summed E-state index contributed by atoms with van der Waals surface area (Å²) in [6, 6.07) is 6.94. The second-order valence-corrected chi connectivity index (χ2v) is 4.73. The average molecular weight is 262 g/mol. The molecule has 5 nitrogen and oxygen atoms in total. The second kappa shape index (κ2) is 5.84. The summed E-state index contributed by atoms with van der Waals surface area (Å²) in [6.45, 7) is 2.64. The maximum absolute atomic E-state index is 12.3. The molecule has 0 aromatic heterocycles. The lowest BCUT2D eigenvalue weighted by Gasteiger charge is -2.39. The molecule has 1 heterocycles. The predicted octanol–water partition coefficient (Wildman–Crippen LogP) is 1.36. The molecule has 0 aliphatic carbocycles. The van der Waals surface area contributed by atoms with Gasteiger partial charge in [-0.15, -0.1) is 0 Å². The van der Waals surface area contributed by atoms with E-state index in [1.54, 1.807) is 11.5 Å². The Kier molecular flexibility index (Phi) is 4.16. The molecule has 2 rings (SSSR count). The molecule has 1 aliphatic heterocycles. The van der Waals surface area contributed by atoms with Crippen LogP contribution >= 0.6 is 0 Å². The van der Waals surface area contributed by atoms with E-state index in [-0.39, 0.29) is 5.91 Å². The van der Waals surface area contributed by atoms with Crippen LogP contribution in [0.4, 0.5) is 0 Å². The lowest BCUT2D eigenvalue weighted by atomic mass is 9.99. The van der Waals surface area contributed by atoms with Gasteiger partial charge in [0, 0.05) is 12.1 Å². The van der Waals surface area contributed by atoms with Crippen molar-refractivity contribution in [2.45, 2.75) is 32.2 Å². The summed E-state index contributed by atoms with van der Waals surface area (Å²) in [5, 5.41) is 8.62. The first kappa shape index (κ1) is 13.5. The van der Waals surface area contributed by atoms with Gasteiger partial charge in [-0.1, -0.05) is 25.5 Å². The van der Waals surface area contributed by atoms with Gasteiger partial charge in [0.2, 0.25) is 0 Å². The van der Waals surface area contributed by atoms with Crippen LogP contribution in [0.25, 0.3) is 0 Å². The van der Waals surface area contributed by atoms with Crippen molar-refractivity contribution in [3.05, 3.63) is 35.4 Å². The zero-order valence-corrected chi connectivity index (χ0v) is 10.9. The van der Waals surface area contributed by atoms with E-state index in [0.717, 1.165) is 18.4 Å². The highest BCUT2D eigenvalue weighted by atomic mass is 16.5. The van der Waals surface area contributed by atoms with Crippen molar-refractivity contribution in [2.75, 3.05) is 6.54 Å².